The van der Waals surface area contributed by atoms with Gasteiger partial charge in [0.25, 0.3) is 5.91 Å². The Bertz CT molecular complexity index is 940. The van der Waals surface area contributed by atoms with E-state index in [2.05, 4.69) is 20.2 Å². The molecule has 8 heteroatoms. The largest absolute Gasteiger partial charge is 0.379 e. The molecule has 0 unspecified atom stereocenters. The minimum absolute atomic E-state index is 0.238. The lowest BCUT2D eigenvalue weighted by Gasteiger charge is -2.25. The number of thiazole rings is 1. The number of rotatable bonds is 4. The number of hydrogen-bond acceptors (Lipinski definition) is 6. The molecule has 1 N–H and O–H groups in total. The average molecular weight is 389 g/mol. The zero-order chi connectivity index (χ0) is 17.9. The molecule has 6 nitrogen and oxygen atoms in total. The summed E-state index contributed by atoms with van der Waals surface area (Å²) in [5.74, 6) is -0.238. The highest BCUT2D eigenvalue weighted by atomic mass is 35.5. The minimum Gasteiger partial charge on any atom is -0.379 e. The molecule has 0 atom stereocenters. The van der Waals surface area contributed by atoms with Gasteiger partial charge in [-0.2, -0.15) is 0 Å². The Morgan fingerprint density at radius 1 is 1.31 bits per heavy atom. The number of aromatic nitrogens is 2. The second-order valence-corrected chi connectivity index (χ2v) is 7.25. The van der Waals surface area contributed by atoms with Crippen molar-refractivity contribution in [2.75, 3.05) is 31.6 Å². The van der Waals surface area contributed by atoms with Crippen molar-refractivity contribution in [2.24, 2.45) is 0 Å². The highest BCUT2D eigenvalue weighted by Gasteiger charge is 2.16. The lowest BCUT2D eigenvalue weighted by molar-refractivity contribution is 0.0337. The number of hydrogen-bond donors (Lipinski definition) is 1. The van der Waals surface area contributed by atoms with Crippen molar-refractivity contribution in [1.29, 1.82) is 0 Å². The molecule has 1 aromatic carbocycles. The Morgan fingerprint density at radius 3 is 3.00 bits per heavy atom. The molecular weight excluding hydrogens is 372 g/mol. The van der Waals surface area contributed by atoms with E-state index >= 15 is 0 Å². The summed E-state index contributed by atoms with van der Waals surface area (Å²) >= 11 is 7.62. The minimum atomic E-state index is -0.238. The average Bonchev–Trinajstić information content (AvgIpc) is 3.10. The van der Waals surface area contributed by atoms with E-state index in [9.17, 15) is 4.79 Å². The van der Waals surface area contributed by atoms with Crippen molar-refractivity contribution in [2.45, 2.75) is 6.54 Å². The fourth-order valence-corrected chi connectivity index (χ4v) is 3.82. The van der Waals surface area contributed by atoms with Gasteiger partial charge in [-0.1, -0.05) is 11.6 Å². The number of halogens is 1. The summed E-state index contributed by atoms with van der Waals surface area (Å²) in [5.41, 5.74) is 2.02. The number of nitrogens with one attached hydrogen (secondary N) is 1. The monoisotopic (exact) mass is 388 g/mol. The van der Waals surface area contributed by atoms with Crippen LogP contribution in [0.25, 0.3) is 10.9 Å². The Hall–Kier alpha value is -2.06. The summed E-state index contributed by atoms with van der Waals surface area (Å²) < 4.78 is 5.36. The number of morpholine rings is 1. The van der Waals surface area contributed by atoms with E-state index < -0.39 is 0 Å². The van der Waals surface area contributed by atoms with Crippen LogP contribution < -0.4 is 5.32 Å². The van der Waals surface area contributed by atoms with E-state index in [-0.39, 0.29) is 5.91 Å². The quantitative estimate of drug-likeness (QED) is 0.741. The molecule has 0 bridgehead atoms. The molecule has 1 aliphatic rings. The van der Waals surface area contributed by atoms with Gasteiger partial charge in [0.05, 0.1) is 35.0 Å². The number of amides is 1. The lowest BCUT2D eigenvalue weighted by atomic mass is 10.1. The number of fused-ring (bicyclic) bond motifs is 1. The van der Waals surface area contributed by atoms with E-state index in [1.807, 2.05) is 11.4 Å². The SMILES string of the molecule is O=C(Nc1nc(CN2CCOCC2)cs1)c1ccc(Cl)c2cccnc12. The molecule has 1 fully saturated rings. The van der Waals surface area contributed by atoms with Gasteiger partial charge in [0, 0.05) is 36.6 Å². The van der Waals surface area contributed by atoms with E-state index in [0.717, 1.165) is 43.9 Å². The third-order valence-corrected chi connectivity index (χ3v) is 5.36. The first kappa shape index (κ1) is 17.4. The van der Waals surface area contributed by atoms with Crippen LogP contribution in [0.3, 0.4) is 0 Å². The second kappa shape index (κ2) is 7.67. The van der Waals surface area contributed by atoms with Crippen LogP contribution in [0.1, 0.15) is 16.1 Å². The van der Waals surface area contributed by atoms with Crippen LogP contribution in [-0.4, -0.2) is 47.1 Å². The maximum absolute atomic E-state index is 12.7. The second-order valence-electron chi connectivity index (χ2n) is 5.98. The van der Waals surface area contributed by atoms with Gasteiger partial charge in [-0.05, 0) is 24.3 Å². The fraction of sp³-hybridized carbons (Fsp3) is 0.278. The maximum Gasteiger partial charge on any atom is 0.259 e. The number of benzene rings is 1. The molecule has 0 spiro atoms. The number of carbonyl (C=O) groups is 1. The summed E-state index contributed by atoms with van der Waals surface area (Å²) in [5, 5.41) is 6.76. The van der Waals surface area contributed by atoms with Crippen LogP contribution in [-0.2, 0) is 11.3 Å². The van der Waals surface area contributed by atoms with Crippen LogP contribution in [0.5, 0.6) is 0 Å². The molecular formula is C18H17ClN4O2S. The molecule has 3 heterocycles. The van der Waals surface area contributed by atoms with Gasteiger partial charge < -0.3 is 4.74 Å². The van der Waals surface area contributed by atoms with Crippen molar-refractivity contribution in [3.63, 3.8) is 0 Å². The van der Waals surface area contributed by atoms with Gasteiger partial charge in [0.15, 0.2) is 5.13 Å². The predicted molar refractivity (Wildman–Crippen MR) is 103 cm³/mol. The van der Waals surface area contributed by atoms with Gasteiger partial charge in [-0.3, -0.25) is 20.0 Å². The highest BCUT2D eigenvalue weighted by molar-refractivity contribution is 7.14. The highest BCUT2D eigenvalue weighted by Crippen LogP contribution is 2.26. The summed E-state index contributed by atoms with van der Waals surface area (Å²) in [6.45, 7) is 4.08. The predicted octanol–water partition coefficient (Wildman–Crippen LogP) is 3.43. The summed E-state index contributed by atoms with van der Waals surface area (Å²) in [4.78, 5) is 23.8. The fourth-order valence-electron chi connectivity index (χ4n) is 2.91. The normalized spacial score (nSPS) is 15.3. The zero-order valence-electron chi connectivity index (χ0n) is 13.9. The molecule has 3 aromatic rings. The van der Waals surface area contributed by atoms with Crippen molar-refractivity contribution < 1.29 is 9.53 Å². The van der Waals surface area contributed by atoms with E-state index in [1.165, 1.54) is 11.3 Å². The summed E-state index contributed by atoms with van der Waals surface area (Å²) in [6, 6.07) is 7.06. The van der Waals surface area contributed by atoms with Crippen LogP contribution in [0.15, 0.2) is 35.8 Å². The topological polar surface area (TPSA) is 67.4 Å². The Morgan fingerprint density at radius 2 is 2.15 bits per heavy atom. The number of ether oxygens (including phenoxy) is 1. The maximum atomic E-state index is 12.7. The molecule has 4 rings (SSSR count). The number of pyridine rings is 1. The summed E-state index contributed by atoms with van der Waals surface area (Å²) in [6.07, 6.45) is 1.65. The molecule has 134 valence electrons. The molecule has 1 amide bonds. The van der Waals surface area contributed by atoms with Crippen LogP contribution in [0.4, 0.5) is 5.13 Å². The Labute approximate surface area is 159 Å². The third-order valence-electron chi connectivity index (χ3n) is 4.22. The first-order valence-corrected chi connectivity index (χ1v) is 9.55. The summed E-state index contributed by atoms with van der Waals surface area (Å²) in [7, 11) is 0. The van der Waals surface area contributed by atoms with Gasteiger partial charge in [-0.25, -0.2) is 4.98 Å². The first-order valence-electron chi connectivity index (χ1n) is 8.30. The van der Waals surface area contributed by atoms with E-state index in [1.54, 1.807) is 24.4 Å². The molecule has 1 aliphatic heterocycles. The van der Waals surface area contributed by atoms with Gasteiger partial charge >= 0.3 is 0 Å². The molecule has 0 aliphatic carbocycles. The Balaban J connectivity index is 1.49. The molecule has 2 aromatic heterocycles. The van der Waals surface area contributed by atoms with Crippen molar-refractivity contribution in [3.8, 4) is 0 Å². The van der Waals surface area contributed by atoms with Crippen molar-refractivity contribution in [3.05, 3.63) is 52.1 Å². The smallest absolute Gasteiger partial charge is 0.259 e. The van der Waals surface area contributed by atoms with Crippen LogP contribution >= 0.6 is 22.9 Å². The molecule has 0 saturated carbocycles. The van der Waals surface area contributed by atoms with Gasteiger partial charge in [0.2, 0.25) is 0 Å². The first-order chi connectivity index (χ1) is 12.7. The number of anilines is 1. The standard InChI is InChI=1S/C18H17ClN4O2S/c19-15-4-3-14(16-13(15)2-1-5-20-16)17(24)22-18-21-12(11-26-18)10-23-6-8-25-9-7-23/h1-5,11H,6-10H2,(H,21,22,24). The third kappa shape index (κ3) is 3.71. The Kier molecular flexibility index (Phi) is 5.12. The number of carbonyl (C=O) groups excluding carboxylic acids is 1. The van der Waals surface area contributed by atoms with E-state index in [4.69, 9.17) is 16.3 Å². The van der Waals surface area contributed by atoms with Crippen molar-refractivity contribution >= 4 is 44.9 Å². The van der Waals surface area contributed by atoms with Crippen molar-refractivity contribution in [1.82, 2.24) is 14.9 Å². The van der Waals surface area contributed by atoms with Gasteiger partial charge in [-0.15, -0.1) is 11.3 Å². The molecule has 0 radical (unpaired) electrons. The van der Waals surface area contributed by atoms with Crippen LogP contribution in [0, 0.1) is 0 Å². The number of nitrogens with zero attached hydrogens (tertiary/aromatic N) is 3. The molecule has 1 saturated heterocycles. The molecule has 26 heavy (non-hydrogen) atoms. The van der Waals surface area contributed by atoms with Gasteiger partial charge in [0.1, 0.15) is 0 Å². The zero-order valence-corrected chi connectivity index (χ0v) is 15.5. The van der Waals surface area contributed by atoms with Crippen LogP contribution in [0.2, 0.25) is 5.02 Å². The van der Waals surface area contributed by atoms with E-state index in [0.29, 0.717) is 21.2 Å². The lowest BCUT2D eigenvalue weighted by Crippen LogP contribution is -2.35.